The van der Waals surface area contributed by atoms with Gasteiger partial charge in [0.1, 0.15) is 5.75 Å². The first-order valence-corrected chi connectivity index (χ1v) is 11.5. The highest BCUT2D eigenvalue weighted by Gasteiger charge is 2.35. The maximum absolute atomic E-state index is 12.8. The van der Waals surface area contributed by atoms with Gasteiger partial charge in [0.05, 0.1) is 24.5 Å². The van der Waals surface area contributed by atoms with Crippen LogP contribution in [0.25, 0.3) is 0 Å². The lowest BCUT2D eigenvalue weighted by atomic mass is 9.86. The fourth-order valence-electron chi connectivity index (χ4n) is 3.31. The largest absolute Gasteiger partial charge is 0.476 e. The molecule has 7 heteroatoms. The minimum Gasteiger partial charge on any atom is -0.476 e. The van der Waals surface area contributed by atoms with Crippen LogP contribution in [0, 0.1) is 0 Å². The zero-order chi connectivity index (χ0) is 21.4. The van der Waals surface area contributed by atoms with Gasteiger partial charge < -0.3 is 10.1 Å². The van der Waals surface area contributed by atoms with E-state index in [4.69, 9.17) is 4.74 Å². The Hall–Kier alpha value is -2.54. The molecule has 156 valence electrons. The Morgan fingerprint density at radius 1 is 1.14 bits per heavy atom. The van der Waals surface area contributed by atoms with Crippen LogP contribution < -0.4 is 14.4 Å². The molecule has 2 atom stereocenters. The first-order valence-electron chi connectivity index (χ1n) is 9.61. The van der Waals surface area contributed by atoms with E-state index in [2.05, 4.69) is 38.2 Å². The van der Waals surface area contributed by atoms with E-state index in [-0.39, 0.29) is 23.9 Å². The van der Waals surface area contributed by atoms with Gasteiger partial charge in [-0.2, -0.15) is 0 Å². The van der Waals surface area contributed by atoms with Gasteiger partial charge in [-0.15, -0.1) is 0 Å². The van der Waals surface area contributed by atoms with Gasteiger partial charge >= 0.3 is 0 Å². The molecule has 1 aliphatic rings. The lowest BCUT2D eigenvalue weighted by Gasteiger charge is -2.34. The summed E-state index contributed by atoms with van der Waals surface area (Å²) in [5, 5.41) is 2.94. The van der Waals surface area contributed by atoms with Crippen molar-refractivity contribution in [3.63, 3.8) is 0 Å². The molecule has 0 saturated carbocycles. The van der Waals surface area contributed by atoms with Gasteiger partial charge in [0, 0.05) is 0 Å². The van der Waals surface area contributed by atoms with Crippen LogP contribution in [-0.2, 0) is 20.2 Å². The number of hydrogen-bond donors (Lipinski definition) is 1. The second-order valence-electron chi connectivity index (χ2n) is 8.47. The van der Waals surface area contributed by atoms with Crippen LogP contribution in [-0.4, -0.2) is 33.2 Å². The number of anilines is 1. The Morgan fingerprint density at radius 3 is 2.34 bits per heavy atom. The van der Waals surface area contributed by atoms with Crippen LogP contribution in [0.4, 0.5) is 5.69 Å². The number of nitrogens with zero attached hydrogens (tertiary/aromatic N) is 1. The topological polar surface area (TPSA) is 75.7 Å². The number of carbonyl (C=O) groups is 1. The fourth-order valence-corrected chi connectivity index (χ4v) is 4.23. The summed E-state index contributed by atoms with van der Waals surface area (Å²) in [6.45, 7) is 8.30. The molecule has 1 amide bonds. The zero-order valence-electron chi connectivity index (χ0n) is 17.5. The Balaban J connectivity index is 1.75. The molecule has 0 saturated heterocycles. The number of amides is 1. The van der Waals surface area contributed by atoms with Crippen molar-refractivity contribution >= 4 is 21.6 Å². The Morgan fingerprint density at radius 2 is 1.76 bits per heavy atom. The predicted molar refractivity (Wildman–Crippen MR) is 115 cm³/mol. The second kappa shape index (κ2) is 7.71. The van der Waals surface area contributed by atoms with E-state index < -0.39 is 16.1 Å². The van der Waals surface area contributed by atoms with Crippen LogP contribution in [0.1, 0.15) is 44.9 Å². The molecule has 2 aromatic rings. The minimum absolute atomic E-state index is 0.0582. The molecule has 1 N–H and O–H groups in total. The quantitative estimate of drug-likeness (QED) is 0.829. The molecule has 0 aromatic heterocycles. The molecule has 0 spiro atoms. The van der Waals surface area contributed by atoms with Crippen molar-refractivity contribution in [1.82, 2.24) is 5.32 Å². The molecule has 0 aliphatic carbocycles. The van der Waals surface area contributed by atoms with E-state index in [9.17, 15) is 13.2 Å². The van der Waals surface area contributed by atoms with E-state index in [0.717, 1.165) is 11.8 Å². The SMILES string of the molecule is C[C@@H](NC(=O)[C@@H]1CN(S(C)(=O)=O)c2ccccc2O1)c1ccc(C(C)(C)C)cc1. The molecule has 3 rings (SSSR count). The highest BCUT2D eigenvalue weighted by atomic mass is 32.2. The van der Waals surface area contributed by atoms with E-state index in [1.807, 2.05) is 19.1 Å². The van der Waals surface area contributed by atoms with Crippen LogP contribution in [0.5, 0.6) is 5.75 Å². The van der Waals surface area contributed by atoms with Crippen LogP contribution >= 0.6 is 0 Å². The lowest BCUT2D eigenvalue weighted by Crippen LogP contribution is -2.50. The van der Waals surface area contributed by atoms with Crippen LogP contribution in [0.2, 0.25) is 0 Å². The van der Waals surface area contributed by atoms with Crippen LogP contribution in [0.15, 0.2) is 48.5 Å². The molecule has 0 unspecified atom stereocenters. The molecule has 1 aliphatic heterocycles. The third kappa shape index (κ3) is 4.72. The van der Waals surface area contributed by atoms with Gasteiger partial charge in [0.15, 0.2) is 6.10 Å². The summed E-state index contributed by atoms with van der Waals surface area (Å²) in [5.41, 5.74) is 2.70. The summed E-state index contributed by atoms with van der Waals surface area (Å²) in [6, 6.07) is 14.7. The van der Waals surface area contributed by atoms with Gasteiger partial charge in [-0.3, -0.25) is 9.10 Å². The first kappa shape index (κ1) is 21.2. The van der Waals surface area contributed by atoms with Crippen molar-refractivity contribution in [2.75, 3.05) is 17.1 Å². The Bertz CT molecular complexity index is 994. The highest BCUT2D eigenvalue weighted by Crippen LogP contribution is 2.34. The lowest BCUT2D eigenvalue weighted by molar-refractivity contribution is -0.128. The number of hydrogen-bond acceptors (Lipinski definition) is 4. The maximum atomic E-state index is 12.8. The molecular weight excluding hydrogens is 388 g/mol. The molecular formula is C22H28N2O4S. The summed E-state index contributed by atoms with van der Waals surface area (Å²) in [7, 11) is -3.53. The number of para-hydroxylation sites is 2. The summed E-state index contributed by atoms with van der Waals surface area (Å²) in [5.74, 6) is 0.0343. The number of benzene rings is 2. The Kier molecular flexibility index (Phi) is 5.63. The summed E-state index contributed by atoms with van der Waals surface area (Å²) in [6.07, 6.45) is 0.208. The van der Waals surface area contributed by atoms with Crippen molar-refractivity contribution in [3.05, 3.63) is 59.7 Å². The van der Waals surface area contributed by atoms with Crippen molar-refractivity contribution in [2.45, 2.75) is 45.3 Å². The van der Waals surface area contributed by atoms with Gasteiger partial charge in [-0.05, 0) is 35.6 Å². The molecule has 29 heavy (non-hydrogen) atoms. The summed E-state index contributed by atoms with van der Waals surface area (Å²) < 4.78 is 31.4. The monoisotopic (exact) mass is 416 g/mol. The van der Waals surface area contributed by atoms with Crippen molar-refractivity contribution in [1.29, 1.82) is 0 Å². The maximum Gasteiger partial charge on any atom is 0.263 e. The van der Waals surface area contributed by atoms with E-state index in [1.165, 1.54) is 9.87 Å². The third-order valence-corrected chi connectivity index (χ3v) is 6.21. The summed E-state index contributed by atoms with van der Waals surface area (Å²) in [4.78, 5) is 12.8. The van der Waals surface area contributed by atoms with Crippen molar-refractivity contribution < 1.29 is 17.9 Å². The van der Waals surface area contributed by atoms with E-state index in [0.29, 0.717) is 11.4 Å². The number of ether oxygens (including phenoxy) is 1. The van der Waals surface area contributed by atoms with Gasteiger partial charge in [-0.1, -0.05) is 57.2 Å². The number of sulfonamides is 1. The molecule has 6 nitrogen and oxygen atoms in total. The number of nitrogens with one attached hydrogen (secondary N) is 1. The molecule has 1 heterocycles. The summed E-state index contributed by atoms with van der Waals surface area (Å²) >= 11 is 0. The van der Waals surface area contributed by atoms with Crippen molar-refractivity contribution in [2.24, 2.45) is 0 Å². The zero-order valence-corrected chi connectivity index (χ0v) is 18.3. The number of fused-ring (bicyclic) bond motifs is 1. The Labute approximate surface area is 172 Å². The van der Waals surface area contributed by atoms with Gasteiger partial charge in [0.2, 0.25) is 10.0 Å². The van der Waals surface area contributed by atoms with E-state index >= 15 is 0 Å². The predicted octanol–water partition coefficient (Wildman–Crippen LogP) is 3.39. The van der Waals surface area contributed by atoms with Crippen molar-refractivity contribution in [3.8, 4) is 5.75 Å². The second-order valence-corrected chi connectivity index (χ2v) is 10.4. The smallest absolute Gasteiger partial charge is 0.263 e. The van der Waals surface area contributed by atoms with Gasteiger partial charge in [-0.25, -0.2) is 8.42 Å². The average Bonchev–Trinajstić information content (AvgIpc) is 2.65. The molecule has 0 fully saturated rings. The highest BCUT2D eigenvalue weighted by molar-refractivity contribution is 7.92. The number of carbonyl (C=O) groups excluding carboxylic acids is 1. The standard InChI is InChI=1S/C22H28N2O4S/c1-15(16-10-12-17(13-11-16)22(2,3)4)23-21(25)20-14-24(29(5,26)27)18-8-6-7-9-19(18)28-20/h6-13,15,20H,14H2,1-5H3,(H,23,25)/t15-,20+/m1/s1. The first-order chi connectivity index (χ1) is 13.5. The average molecular weight is 417 g/mol. The van der Waals surface area contributed by atoms with Gasteiger partial charge in [0.25, 0.3) is 5.91 Å². The fraction of sp³-hybridized carbons (Fsp3) is 0.409. The molecule has 2 aromatic carbocycles. The normalized spacial score (nSPS) is 17.8. The van der Waals surface area contributed by atoms with E-state index in [1.54, 1.807) is 24.3 Å². The van der Waals surface area contributed by atoms with Crippen LogP contribution in [0.3, 0.4) is 0 Å². The number of rotatable bonds is 4. The third-order valence-electron chi connectivity index (χ3n) is 5.06. The minimum atomic E-state index is -3.53. The molecule has 0 bridgehead atoms. The molecule has 0 radical (unpaired) electrons.